The number of hydrogen-bond donors (Lipinski definition) is 1. The number of benzene rings is 2. The zero-order chi connectivity index (χ0) is 20.9. The van der Waals surface area contributed by atoms with Crippen molar-refractivity contribution in [2.75, 3.05) is 13.1 Å². The quantitative estimate of drug-likeness (QED) is 0.673. The van der Waals surface area contributed by atoms with Crippen molar-refractivity contribution in [1.29, 1.82) is 0 Å². The molecule has 1 aliphatic rings. The Kier molecular flexibility index (Phi) is 6.18. The van der Waals surface area contributed by atoms with Crippen LogP contribution < -0.4 is 5.32 Å². The number of likely N-dealkylation sites (tertiary alicyclic amines) is 1. The number of amides is 1. The Morgan fingerprint density at radius 3 is 2.63 bits per heavy atom. The molecule has 30 heavy (non-hydrogen) atoms. The summed E-state index contributed by atoms with van der Waals surface area (Å²) in [5, 5.41) is 6.89. The second-order valence-corrected chi connectivity index (χ2v) is 7.74. The van der Waals surface area contributed by atoms with Gasteiger partial charge in [-0.2, -0.15) is 4.98 Å². The molecule has 2 heterocycles. The first-order valence-electron chi connectivity index (χ1n) is 10.2. The molecule has 156 valence electrons. The van der Waals surface area contributed by atoms with Gasteiger partial charge in [-0.15, -0.1) is 0 Å². The van der Waals surface area contributed by atoms with E-state index in [9.17, 15) is 9.18 Å². The number of piperidine rings is 1. The van der Waals surface area contributed by atoms with Gasteiger partial charge in [-0.3, -0.25) is 9.69 Å². The number of rotatable bonds is 6. The molecule has 1 saturated heterocycles. The van der Waals surface area contributed by atoms with Crippen molar-refractivity contribution < 1.29 is 13.7 Å². The highest BCUT2D eigenvalue weighted by atomic mass is 19.1. The molecule has 1 aliphatic heterocycles. The van der Waals surface area contributed by atoms with Gasteiger partial charge in [0.1, 0.15) is 5.82 Å². The van der Waals surface area contributed by atoms with Crippen LogP contribution in [0.1, 0.15) is 29.9 Å². The summed E-state index contributed by atoms with van der Waals surface area (Å²) in [4.78, 5) is 19.1. The number of aromatic nitrogens is 2. The molecule has 1 aromatic heterocycles. The van der Waals surface area contributed by atoms with E-state index in [1.165, 1.54) is 6.07 Å². The first kappa shape index (κ1) is 20.2. The molecule has 0 saturated carbocycles. The van der Waals surface area contributed by atoms with Gasteiger partial charge in [0.05, 0.1) is 6.54 Å². The van der Waals surface area contributed by atoms with Crippen molar-refractivity contribution in [3.8, 4) is 11.4 Å². The molecule has 0 aliphatic carbocycles. The molecule has 6 nitrogen and oxygen atoms in total. The molecule has 3 aromatic rings. The molecule has 0 bridgehead atoms. The average molecular weight is 408 g/mol. The van der Waals surface area contributed by atoms with Crippen LogP contribution >= 0.6 is 0 Å². The Balaban J connectivity index is 1.24. The number of halogens is 1. The van der Waals surface area contributed by atoms with E-state index in [-0.39, 0.29) is 24.2 Å². The minimum absolute atomic E-state index is 0.00405. The second-order valence-electron chi connectivity index (χ2n) is 7.74. The molecule has 4 rings (SSSR count). The molecule has 0 radical (unpaired) electrons. The first-order valence-corrected chi connectivity index (χ1v) is 10.2. The maximum absolute atomic E-state index is 13.8. The van der Waals surface area contributed by atoms with Crippen molar-refractivity contribution in [1.82, 2.24) is 20.4 Å². The van der Waals surface area contributed by atoms with E-state index in [1.54, 1.807) is 6.07 Å². The van der Waals surface area contributed by atoms with Gasteiger partial charge in [0.2, 0.25) is 17.6 Å². The fourth-order valence-electron chi connectivity index (χ4n) is 3.67. The van der Waals surface area contributed by atoms with Crippen LogP contribution in [0.3, 0.4) is 0 Å². The Bertz CT molecular complexity index is 994. The number of carbonyl (C=O) groups is 1. The van der Waals surface area contributed by atoms with E-state index in [0.29, 0.717) is 23.8 Å². The van der Waals surface area contributed by atoms with Gasteiger partial charge in [-0.25, -0.2) is 4.39 Å². The van der Waals surface area contributed by atoms with E-state index < -0.39 is 0 Å². The summed E-state index contributed by atoms with van der Waals surface area (Å²) in [5.74, 6) is 0.663. The van der Waals surface area contributed by atoms with Crippen LogP contribution in [0, 0.1) is 18.7 Å². The van der Waals surface area contributed by atoms with Crippen LogP contribution in [0.25, 0.3) is 11.4 Å². The molecule has 1 fully saturated rings. The molecule has 1 amide bonds. The molecule has 1 N–H and O–H groups in total. The minimum Gasteiger partial charge on any atom is -0.347 e. The fourth-order valence-corrected chi connectivity index (χ4v) is 3.67. The maximum Gasteiger partial charge on any atom is 0.246 e. The largest absolute Gasteiger partial charge is 0.347 e. The first-order chi connectivity index (χ1) is 14.6. The van der Waals surface area contributed by atoms with Gasteiger partial charge in [-0.1, -0.05) is 53.2 Å². The second kappa shape index (κ2) is 9.17. The number of aryl methyl sites for hydroxylation is 1. The Morgan fingerprint density at radius 1 is 1.17 bits per heavy atom. The highest BCUT2D eigenvalue weighted by molar-refractivity contribution is 5.78. The lowest BCUT2D eigenvalue weighted by molar-refractivity contribution is -0.126. The van der Waals surface area contributed by atoms with Crippen molar-refractivity contribution in [2.24, 2.45) is 5.92 Å². The number of nitrogens with zero attached hydrogens (tertiary/aromatic N) is 3. The van der Waals surface area contributed by atoms with Crippen molar-refractivity contribution in [2.45, 2.75) is 32.9 Å². The van der Waals surface area contributed by atoms with Crippen molar-refractivity contribution in [3.63, 3.8) is 0 Å². The van der Waals surface area contributed by atoms with Crippen LogP contribution in [-0.2, 0) is 17.9 Å². The van der Waals surface area contributed by atoms with Crippen molar-refractivity contribution >= 4 is 5.91 Å². The summed E-state index contributed by atoms with van der Waals surface area (Å²) in [6.07, 6.45) is 1.50. The SMILES string of the molecule is Cc1ccc(-c2noc(CNC(=O)C3CCN(Cc4ccccc4F)CC3)n2)cc1. The van der Waals surface area contributed by atoms with Crippen molar-refractivity contribution in [3.05, 3.63) is 71.4 Å². The summed E-state index contributed by atoms with van der Waals surface area (Å²) in [5.41, 5.74) is 2.74. The Labute approximate surface area is 175 Å². The van der Waals surface area contributed by atoms with Crippen LogP contribution in [0.2, 0.25) is 0 Å². The summed E-state index contributed by atoms with van der Waals surface area (Å²) in [7, 11) is 0. The predicted molar refractivity (Wildman–Crippen MR) is 111 cm³/mol. The van der Waals surface area contributed by atoms with Crippen LogP contribution in [0.5, 0.6) is 0 Å². The third-order valence-corrected chi connectivity index (χ3v) is 5.50. The standard InChI is InChI=1S/C23H25FN4O2/c1-16-6-8-17(9-7-16)22-26-21(30-27-22)14-25-23(29)18-10-12-28(13-11-18)15-19-4-2-3-5-20(19)24/h2-9,18H,10-15H2,1H3,(H,25,29). The normalized spacial score (nSPS) is 15.3. The molecule has 0 spiro atoms. The third-order valence-electron chi connectivity index (χ3n) is 5.50. The number of nitrogens with one attached hydrogen (secondary N) is 1. The van der Waals surface area contributed by atoms with E-state index in [0.717, 1.165) is 37.1 Å². The highest BCUT2D eigenvalue weighted by Gasteiger charge is 2.25. The average Bonchev–Trinajstić information content (AvgIpc) is 3.24. The molecule has 2 aromatic carbocycles. The Morgan fingerprint density at radius 2 is 1.90 bits per heavy atom. The zero-order valence-corrected chi connectivity index (χ0v) is 17.0. The van der Waals surface area contributed by atoms with E-state index >= 15 is 0 Å². The number of hydrogen-bond acceptors (Lipinski definition) is 5. The molecular formula is C23H25FN4O2. The summed E-state index contributed by atoms with van der Waals surface area (Å²) in [6.45, 7) is 4.35. The highest BCUT2D eigenvalue weighted by Crippen LogP contribution is 2.21. The topological polar surface area (TPSA) is 71.3 Å². The lowest BCUT2D eigenvalue weighted by atomic mass is 9.95. The van der Waals surface area contributed by atoms with Gasteiger partial charge in [0.25, 0.3) is 0 Å². The summed E-state index contributed by atoms with van der Waals surface area (Å²) >= 11 is 0. The van der Waals surface area contributed by atoms with Crippen LogP contribution in [0.15, 0.2) is 53.1 Å². The Hall–Kier alpha value is -3.06. The van der Waals surface area contributed by atoms with Gasteiger partial charge >= 0.3 is 0 Å². The maximum atomic E-state index is 13.8. The van der Waals surface area contributed by atoms with Gasteiger partial charge in [0.15, 0.2) is 0 Å². The van der Waals surface area contributed by atoms with E-state index in [2.05, 4.69) is 20.4 Å². The van der Waals surface area contributed by atoms with Crippen LogP contribution in [-0.4, -0.2) is 34.0 Å². The smallest absolute Gasteiger partial charge is 0.246 e. The number of carbonyl (C=O) groups excluding carboxylic acids is 1. The zero-order valence-electron chi connectivity index (χ0n) is 17.0. The monoisotopic (exact) mass is 408 g/mol. The van der Waals surface area contributed by atoms with Gasteiger partial charge in [-0.05, 0) is 38.9 Å². The minimum atomic E-state index is -0.179. The van der Waals surface area contributed by atoms with E-state index in [1.807, 2.05) is 43.3 Å². The third kappa shape index (κ3) is 4.91. The van der Waals surface area contributed by atoms with Gasteiger partial charge in [0, 0.05) is 23.6 Å². The summed E-state index contributed by atoms with van der Waals surface area (Å²) in [6, 6.07) is 14.7. The molecule has 0 unspecified atom stereocenters. The fraction of sp³-hybridized carbons (Fsp3) is 0.348. The van der Waals surface area contributed by atoms with E-state index in [4.69, 9.17) is 4.52 Å². The lowest BCUT2D eigenvalue weighted by Gasteiger charge is -2.31. The van der Waals surface area contributed by atoms with Crippen LogP contribution in [0.4, 0.5) is 4.39 Å². The van der Waals surface area contributed by atoms with Gasteiger partial charge < -0.3 is 9.84 Å². The summed E-state index contributed by atoms with van der Waals surface area (Å²) < 4.78 is 19.1. The lowest BCUT2D eigenvalue weighted by Crippen LogP contribution is -2.40. The molecular weight excluding hydrogens is 383 g/mol. The molecule has 0 atom stereocenters. The predicted octanol–water partition coefficient (Wildman–Crippen LogP) is 3.71. The molecule has 7 heteroatoms.